The van der Waals surface area contributed by atoms with E-state index < -0.39 is 0 Å². The second-order valence-electron chi connectivity index (χ2n) is 3.93. The minimum absolute atomic E-state index is 0.263. The van der Waals surface area contributed by atoms with Gasteiger partial charge < -0.3 is 16.3 Å². The van der Waals surface area contributed by atoms with Crippen molar-refractivity contribution in [1.82, 2.24) is 5.32 Å². The van der Waals surface area contributed by atoms with Crippen molar-refractivity contribution in [3.05, 3.63) is 0 Å². The lowest BCUT2D eigenvalue weighted by atomic mass is 9.87. The molecular weight excluding hydrogens is 166 g/mol. The first-order valence-corrected chi connectivity index (χ1v) is 4.92. The Labute approximate surface area is 79.2 Å². The molecular formula is C9H19N3O. The summed E-state index contributed by atoms with van der Waals surface area (Å²) in [7, 11) is 0. The maximum Gasteiger partial charge on any atom is 0.153 e. The Morgan fingerprint density at radius 1 is 1.46 bits per heavy atom. The molecule has 0 aliphatic heterocycles. The van der Waals surface area contributed by atoms with Crippen LogP contribution in [0.4, 0.5) is 0 Å². The second kappa shape index (κ2) is 5.07. The summed E-state index contributed by atoms with van der Waals surface area (Å²) >= 11 is 0. The van der Waals surface area contributed by atoms with Crippen LogP contribution in [-0.2, 0) is 0 Å². The molecule has 0 amide bonds. The lowest BCUT2D eigenvalue weighted by Crippen LogP contribution is -2.38. The largest absolute Gasteiger partial charge is 0.409 e. The Morgan fingerprint density at radius 2 is 2.08 bits per heavy atom. The van der Waals surface area contributed by atoms with Gasteiger partial charge in [-0.1, -0.05) is 12.1 Å². The Balaban J connectivity index is 2.16. The van der Waals surface area contributed by atoms with E-state index in [4.69, 9.17) is 10.9 Å². The Kier molecular flexibility index (Phi) is 4.02. The van der Waals surface area contributed by atoms with Crippen LogP contribution in [0.1, 0.15) is 32.6 Å². The fourth-order valence-electron chi connectivity index (χ4n) is 1.75. The van der Waals surface area contributed by atoms with E-state index >= 15 is 0 Å². The van der Waals surface area contributed by atoms with Gasteiger partial charge >= 0.3 is 0 Å². The van der Waals surface area contributed by atoms with Crippen molar-refractivity contribution in [2.24, 2.45) is 16.8 Å². The zero-order valence-electron chi connectivity index (χ0n) is 8.16. The molecule has 1 fully saturated rings. The minimum atomic E-state index is 0.263. The second-order valence-corrected chi connectivity index (χ2v) is 3.93. The first-order chi connectivity index (χ1) is 6.22. The van der Waals surface area contributed by atoms with Crippen LogP contribution in [0.25, 0.3) is 0 Å². The van der Waals surface area contributed by atoms with Gasteiger partial charge in [0.15, 0.2) is 5.84 Å². The Bertz CT molecular complexity index is 174. The number of amidine groups is 1. The SMILES string of the molecule is CC1CCC(NCC(N)=NO)CC1. The van der Waals surface area contributed by atoms with Crippen LogP contribution in [0.5, 0.6) is 0 Å². The molecule has 13 heavy (non-hydrogen) atoms. The summed E-state index contributed by atoms with van der Waals surface area (Å²) in [5.74, 6) is 1.13. The molecule has 4 heteroatoms. The first kappa shape index (κ1) is 10.3. The molecule has 0 aromatic carbocycles. The van der Waals surface area contributed by atoms with Gasteiger partial charge in [-0.25, -0.2) is 0 Å². The fraction of sp³-hybridized carbons (Fsp3) is 0.889. The average molecular weight is 185 g/mol. The van der Waals surface area contributed by atoms with E-state index in [0.717, 1.165) is 5.92 Å². The van der Waals surface area contributed by atoms with Gasteiger partial charge in [-0.2, -0.15) is 0 Å². The summed E-state index contributed by atoms with van der Waals surface area (Å²) in [6, 6.07) is 0.552. The molecule has 0 saturated heterocycles. The third-order valence-electron chi connectivity index (χ3n) is 2.72. The highest BCUT2D eigenvalue weighted by molar-refractivity contribution is 5.81. The highest BCUT2D eigenvalue weighted by atomic mass is 16.4. The molecule has 4 nitrogen and oxygen atoms in total. The van der Waals surface area contributed by atoms with Gasteiger partial charge in [0.2, 0.25) is 0 Å². The summed E-state index contributed by atoms with van der Waals surface area (Å²) in [6.45, 7) is 2.79. The molecule has 0 atom stereocenters. The van der Waals surface area contributed by atoms with Gasteiger partial charge in [0.25, 0.3) is 0 Å². The molecule has 1 saturated carbocycles. The minimum Gasteiger partial charge on any atom is -0.409 e. The Hall–Kier alpha value is -0.770. The summed E-state index contributed by atoms with van der Waals surface area (Å²) < 4.78 is 0. The molecule has 0 bridgehead atoms. The molecule has 0 heterocycles. The number of rotatable bonds is 3. The molecule has 1 aliphatic carbocycles. The topological polar surface area (TPSA) is 70.6 Å². The molecule has 0 aromatic rings. The molecule has 1 aliphatic rings. The molecule has 1 rings (SSSR count). The zero-order chi connectivity index (χ0) is 9.68. The van der Waals surface area contributed by atoms with Crippen molar-refractivity contribution in [2.75, 3.05) is 6.54 Å². The monoisotopic (exact) mass is 185 g/mol. The standard InChI is InChI=1S/C9H19N3O/c1-7-2-4-8(5-3-7)11-6-9(10)12-13/h7-8,11,13H,2-6H2,1H3,(H2,10,12). The van der Waals surface area contributed by atoms with Gasteiger partial charge in [-0.15, -0.1) is 0 Å². The van der Waals surface area contributed by atoms with E-state index in [1.54, 1.807) is 0 Å². The van der Waals surface area contributed by atoms with Gasteiger partial charge in [-0.05, 0) is 31.6 Å². The van der Waals surface area contributed by atoms with Crippen molar-refractivity contribution in [3.63, 3.8) is 0 Å². The first-order valence-electron chi connectivity index (χ1n) is 4.92. The number of hydrogen-bond acceptors (Lipinski definition) is 3. The van der Waals surface area contributed by atoms with E-state index in [9.17, 15) is 0 Å². The predicted octanol–water partition coefficient (Wildman–Crippen LogP) is 0.901. The number of nitrogens with two attached hydrogens (primary N) is 1. The van der Waals surface area contributed by atoms with Crippen molar-refractivity contribution < 1.29 is 5.21 Å². The van der Waals surface area contributed by atoms with Crippen molar-refractivity contribution in [1.29, 1.82) is 0 Å². The predicted molar refractivity (Wildman–Crippen MR) is 52.8 cm³/mol. The summed E-state index contributed by atoms with van der Waals surface area (Å²) in [5, 5.41) is 14.5. The van der Waals surface area contributed by atoms with E-state index in [1.165, 1.54) is 25.7 Å². The molecule has 0 spiro atoms. The van der Waals surface area contributed by atoms with Crippen LogP contribution < -0.4 is 11.1 Å². The van der Waals surface area contributed by atoms with E-state index in [-0.39, 0.29) is 5.84 Å². The number of oxime groups is 1. The van der Waals surface area contributed by atoms with Gasteiger partial charge in [-0.3, -0.25) is 0 Å². The van der Waals surface area contributed by atoms with Crippen LogP contribution >= 0.6 is 0 Å². The number of hydrogen-bond donors (Lipinski definition) is 3. The van der Waals surface area contributed by atoms with E-state index in [2.05, 4.69) is 17.4 Å². The smallest absolute Gasteiger partial charge is 0.153 e. The van der Waals surface area contributed by atoms with Crippen molar-refractivity contribution >= 4 is 5.84 Å². The quantitative estimate of drug-likeness (QED) is 0.265. The van der Waals surface area contributed by atoms with E-state index in [1.807, 2.05) is 0 Å². The lowest BCUT2D eigenvalue weighted by Gasteiger charge is -2.26. The Morgan fingerprint density at radius 3 is 2.62 bits per heavy atom. The average Bonchev–Trinajstić information content (AvgIpc) is 2.16. The normalized spacial score (nSPS) is 30.4. The van der Waals surface area contributed by atoms with Crippen molar-refractivity contribution in [3.8, 4) is 0 Å². The van der Waals surface area contributed by atoms with Crippen LogP contribution in [0.2, 0.25) is 0 Å². The van der Waals surface area contributed by atoms with Crippen LogP contribution in [-0.4, -0.2) is 23.6 Å². The third kappa shape index (κ3) is 3.63. The van der Waals surface area contributed by atoms with Gasteiger partial charge in [0.05, 0.1) is 6.54 Å². The lowest BCUT2D eigenvalue weighted by molar-refractivity contribution is 0.306. The summed E-state index contributed by atoms with van der Waals surface area (Å²) in [5.41, 5.74) is 5.35. The maximum atomic E-state index is 8.33. The number of nitrogens with one attached hydrogen (secondary N) is 1. The van der Waals surface area contributed by atoms with E-state index in [0.29, 0.717) is 12.6 Å². The number of nitrogens with zero attached hydrogens (tertiary/aromatic N) is 1. The van der Waals surface area contributed by atoms with Gasteiger partial charge in [0.1, 0.15) is 0 Å². The molecule has 0 unspecified atom stereocenters. The zero-order valence-corrected chi connectivity index (χ0v) is 8.16. The molecule has 4 N–H and O–H groups in total. The summed E-state index contributed by atoms with van der Waals surface area (Å²) in [4.78, 5) is 0. The molecule has 0 aromatic heterocycles. The third-order valence-corrected chi connectivity index (χ3v) is 2.72. The van der Waals surface area contributed by atoms with Crippen molar-refractivity contribution in [2.45, 2.75) is 38.6 Å². The van der Waals surface area contributed by atoms with Crippen LogP contribution in [0, 0.1) is 5.92 Å². The van der Waals surface area contributed by atoms with Gasteiger partial charge in [0, 0.05) is 6.04 Å². The highest BCUT2D eigenvalue weighted by Gasteiger charge is 2.17. The van der Waals surface area contributed by atoms with Crippen LogP contribution in [0.3, 0.4) is 0 Å². The molecule has 76 valence electrons. The fourth-order valence-corrected chi connectivity index (χ4v) is 1.75. The van der Waals surface area contributed by atoms with Crippen LogP contribution in [0.15, 0.2) is 5.16 Å². The molecule has 0 radical (unpaired) electrons. The highest BCUT2D eigenvalue weighted by Crippen LogP contribution is 2.23. The summed E-state index contributed by atoms with van der Waals surface area (Å²) in [6.07, 6.45) is 4.99. The maximum absolute atomic E-state index is 8.33.